The molecule has 1 N–H and O–H groups in total. The second-order valence-electron chi connectivity index (χ2n) is 7.77. The molecular formula is C17H22BrClN4O4. The van der Waals surface area contributed by atoms with Gasteiger partial charge in [-0.3, -0.25) is 14.2 Å². The van der Waals surface area contributed by atoms with E-state index >= 15 is 0 Å². The maximum atomic E-state index is 12.7. The molecule has 2 amide bonds. The molecule has 2 aliphatic rings. The van der Waals surface area contributed by atoms with E-state index in [1.807, 2.05) is 25.8 Å². The van der Waals surface area contributed by atoms with Gasteiger partial charge in [0.1, 0.15) is 17.0 Å². The molecule has 1 aromatic rings. The van der Waals surface area contributed by atoms with E-state index in [1.165, 1.54) is 15.6 Å². The number of pyridine rings is 1. The van der Waals surface area contributed by atoms with E-state index in [-0.39, 0.29) is 22.2 Å². The Bertz CT molecular complexity index is 856. The SMILES string of the molecule is CN(C(=O)OC(C)(C)C)N1CCC2(CC1)NC(=O)c1c(Cl)cc(Br)c(=O)n12. The average Bonchev–Trinajstić information content (AvgIpc) is 2.84. The highest BCUT2D eigenvalue weighted by Crippen LogP contribution is 2.35. The molecule has 27 heavy (non-hydrogen) atoms. The molecule has 0 bridgehead atoms. The standard InChI is InChI=1S/C17H22BrClN4O4/c1-16(2,3)27-15(26)21(4)22-7-5-17(6-8-22)20-13(24)12-11(19)9-10(18)14(25)23(12)17/h9H,5-8H2,1-4H3,(H,20,24). The van der Waals surface area contributed by atoms with Crippen LogP contribution in [-0.4, -0.2) is 52.3 Å². The number of nitrogens with one attached hydrogen (secondary N) is 1. The Morgan fingerprint density at radius 1 is 1.33 bits per heavy atom. The Hall–Kier alpha value is -1.58. The topological polar surface area (TPSA) is 83.9 Å². The second-order valence-corrected chi connectivity index (χ2v) is 9.03. The van der Waals surface area contributed by atoms with Gasteiger partial charge >= 0.3 is 6.09 Å². The lowest BCUT2D eigenvalue weighted by Gasteiger charge is -2.43. The zero-order valence-corrected chi connectivity index (χ0v) is 18.0. The highest BCUT2D eigenvalue weighted by atomic mass is 79.9. The molecule has 10 heteroatoms. The molecule has 1 saturated heterocycles. The lowest BCUT2D eigenvalue weighted by atomic mass is 9.98. The summed E-state index contributed by atoms with van der Waals surface area (Å²) >= 11 is 9.41. The lowest BCUT2D eigenvalue weighted by molar-refractivity contribution is -0.0630. The summed E-state index contributed by atoms with van der Waals surface area (Å²) < 4.78 is 7.15. The van der Waals surface area contributed by atoms with Gasteiger partial charge in [0.15, 0.2) is 0 Å². The Kier molecular flexibility index (Phi) is 5.07. The molecule has 0 radical (unpaired) electrons. The van der Waals surface area contributed by atoms with Gasteiger partial charge in [-0.15, -0.1) is 0 Å². The number of piperidine rings is 1. The highest BCUT2D eigenvalue weighted by Gasteiger charge is 2.47. The minimum atomic E-state index is -0.845. The van der Waals surface area contributed by atoms with Crippen LogP contribution in [0.2, 0.25) is 5.02 Å². The molecule has 0 aliphatic carbocycles. The lowest BCUT2D eigenvalue weighted by Crippen LogP contribution is -2.58. The quantitative estimate of drug-likeness (QED) is 0.695. The van der Waals surface area contributed by atoms with Gasteiger partial charge in [-0.25, -0.2) is 14.8 Å². The van der Waals surface area contributed by atoms with E-state index in [0.717, 1.165) is 0 Å². The van der Waals surface area contributed by atoms with Crippen molar-refractivity contribution in [3.05, 3.63) is 31.6 Å². The molecule has 0 saturated carbocycles. The molecule has 3 heterocycles. The minimum absolute atomic E-state index is 0.179. The Labute approximate surface area is 170 Å². The summed E-state index contributed by atoms with van der Waals surface area (Å²) in [6, 6.07) is 1.44. The van der Waals surface area contributed by atoms with Gasteiger partial charge in [-0.1, -0.05) is 11.6 Å². The fraction of sp³-hybridized carbons (Fsp3) is 0.588. The van der Waals surface area contributed by atoms with Gasteiger partial charge in [0.05, 0.1) is 9.50 Å². The van der Waals surface area contributed by atoms with E-state index in [0.29, 0.717) is 30.4 Å². The number of fused-ring (bicyclic) bond motifs is 2. The predicted molar refractivity (Wildman–Crippen MR) is 104 cm³/mol. The number of hydrogen-bond acceptors (Lipinski definition) is 5. The molecule has 0 unspecified atom stereocenters. The Balaban J connectivity index is 1.82. The molecule has 1 fully saturated rings. The largest absolute Gasteiger partial charge is 0.443 e. The molecule has 2 aliphatic heterocycles. The summed E-state index contributed by atoms with van der Waals surface area (Å²) in [5, 5.41) is 6.43. The number of hydrogen-bond donors (Lipinski definition) is 1. The van der Waals surface area contributed by atoms with E-state index in [1.54, 1.807) is 7.05 Å². The van der Waals surface area contributed by atoms with E-state index in [9.17, 15) is 14.4 Å². The first kappa shape index (κ1) is 20.2. The predicted octanol–water partition coefficient (Wildman–Crippen LogP) is 2.54. The van der Waals surface area contributed by atoms with Crippen LogP contribution in [0.1, 0.15) is 44.1 Å². The first-order chi connectivity index (χ1) is 12.4. The van der Waals surface area contributed by atoms with Crippen molar-refractivity contribution in [2.75, 3.05) is 20.1 Å². The molecule has 1 spiro atoms. The second kappa shape index (κ2) is 6.79. The number of hydrazine groups is 1. The maximum absolute atomic E-state index is 12.7. The first-order valence-corrected chi connectivity index (χ1v) is 9.78. The number of aromatic nitrogens is 1. The zero-order valence-electron chi connectivity index (χ0n) is 15.6. The van der Waals surface area contributed by atoms with Crippen molar-refractivity contribution < 1.29 is 14.3 Å². The van der Waals surface area contributed by atoms with E-state index in [2.05, 4.69) is 21.2 Å². The van der Waals surface area contributed by atoms with Gasteiger partial charge in [0, 0.05) is 33.0 Å². The van der Waals surface area contributed by atoms with Gasteiger partial charge in [0.25, 0.3) is 11.5 Å². The van der Waals surface area contributed by atoms with Crippen molar-refractivity contribution in [2.24, 2.45) is 0 Å². The third-order valence-corrected chi connectivity index (χ3v) is 5.61. The molecule has 0 aromatic carbocycles. The van der Waals surface area contributed by atoms with Crippen molar-refractivity contribution in [1.29, 1.82) is 0 Å². The third-order valence-electron chi connectivity index (χ3n) is 4.75. The number of rotatable bonds is 1. The van der Waals surface area contributed by atoms with Crippen molar-refractivity contribution in [3.8, 4) is 0 Å². The van der Waals surface area contributed by atoms with Crippen LogP contribution in [0.15, 0.2) is 15.3 Å². The Morgan fingerprint density at radius 2 is 1.93 bits per heavy atom. The molecular weight excluding hydrogens is 440 g/mol. The van der Waals surface area contributed by atoms with Crippen LogP contribution in [0.4, 0.5) is 4.79 Å². The van der Waals surface area contributed by atoms with Crippen LogP contribution in [0, 0.1) is 0 Å². The van der Waals surface area contributed by atoms with Gasteiger partial charge in [0.2, 0.25) is 0 Å². The van der Waals surface area contributed by atoms with Crippen LogP contribution >= 0.6 is 27.5 Å². The molecule has 3 rings (SSSR count). The Morgan fingerprint density at radius 3 is 2.48 bits per heavy atom. The molecule has 148 valence electrons. The summed E-state index contributed by atoms with van der Waals surface area (Å²) in [4.78, 5) is 37.4. The fourth-order valence-corrected chi connectivity index (χ4v) is 4.28. The maximum Gasteiger partial charge on any atom is 0.424 e. The first-order valence-electron chi connectivity index (χ1n) is 8.61. The number of carbonyl (C=O) groups is 2. The smallest absolute Gasteiger partial charge is 0.424 e. The summed E-state index contributed by atoms with van der Waals surface area (Å²) in [6.45, 7) is 6.35. The summed E-state index contributed by atoms with van der Waals surface area (Å²) in [7, 11) is 1.65. The van der Waals surface area contributed by atoms with Crippen molar-refractivity contribution in [2.45, 2.75) is 44.9 Å². The monoisotopic (exact) mass is 460 g/mol. The van der Waals surface area contributed by atoms with Crippen LogP contribution in [0.25, 0.3) is 0 Å². The fourth-order valence-electron chi connectivity index (χ4n) is 3.46. The van der Waals surface area contributed by atoms with E-state index < -0.39 is 17.4 Å². The van der Waals surface area contributed by atoms with Crippen LogP contribution < -0.4 is 10.9 Å². The van der Waals surface area contributed by atoms with Crippen molar-refractivity contribution >= 4 is 39.5 Å². The number of nitrogens with zero attached hydrogens (tertiary/aromatic N) is 3. The zero-order chi connectivity index (χ0) is 20.1. The highest BCUT2D eigenvalue weighted by molar-refractivity contribution is 9.10. The van der Waals surface area contributed by atoms with Gasteiger partial charge < -0.3 is 10.1 Å². The van der Waals surface area contributed by atoms with Crippen LogP contribution in [0.3, 0.4) is 0 Å². The molecule has 1 aromatic heterocycles. The summed E-state index contributed by atoms with van der Waals surface area (Å²) in [5.74, 6) is -0.362. The van der Waals surface area contributed by atoms with Crippen molar-refractivity contribution in [3.63, 3.8) is 0 Å². The number of amides is 2. The molecule has 8 nitrogen and oxygen atoms in total. The molecule has 0 atom stereocenters. The van der Waals surface area contributed by atoms with Gasteiger partial charge in [-0.2, -0.15) is 0 Å². The average molecular weight is 462 g/mol. The normalized spacial score (nSPS) is 19.0. The van der Waals surface area contributed by atoms with E-state index in [4.69, 9.17) is 16.3 Å². The third kappa shape index (κ3) is 3.60. The summed E-state index contributed by atoms with van der Waals surface area (Å²) in [6.07, 6.45) is 0.453. The van der Waals surface area contributed by atoms with Crippen molar-refractivity contribution in [1.82, 2.24) is 19.9 Å². The summed E-state index contributed by atoms with van der Waals surface area (Å²) in [5.41, 5.74) is -1.56. The van der Waals surface area contributed by atoms with Crippen LogP contribution in [0.5, 0.6) is 0 Å². The van der Waals surface area contributed by atoms with Crippen LogP contribution in [-0.2, 0) is 10.4 Å². The number of carbonyl (C=O) groups excluding carboxylic acids is 2. The van der Waals surface area contributed by atoms with Gasteiger partial charge in [-0.05, 0) is 42.8 Å². The number of halogens is 2. The number of ether oxygens (including phenoxy) is 1. The minimum Gasteiger partial charge on any atom is -0.443 e.